The molecule has 0 aliphatic carbocycles. The van der Waals surface area contributed by atoms with Crippen LogP contribution in [0.1, 0.15) is 33.7 Å². The van der Waals surface area contributed by atoms with Gasteiger partial charge >= 0.3 is 12.4 Å². The summed E-state index contributed by atoms with van der Waals surface area (Å²) in [7, 11) is 1.51. The third-order valence-corrected chi connectivity index (χ3v) is 4.53. The molecule has 1 unspecified atom stereocenters. The highest BCUT2D eigenvalue weighted by Gasteiger charge is 2.36. The molecule has 3 rings (SSSR count). The summed E-state index contributed by atoms with van der Waals surface area (Å²) in [4.78, 5) is 0. The predicted octanol–water partition coefficient (Wildman–Crippen LogP) is 6.92. The van der Waals surface area contributed by atoms with E-state index in [1.165, 1.54) is 7.11 Å². The van der Waals surface area contributed by atoms with E-state index in [4.69, 9.17) is 4.74 Å². The minimum absolute atomic E-state index is 0.0866. The molecule has 1 atom stereocenters. The number of alkyl halides is 6. The van der Waals surface area contributed by atoms with Crippen LogP contribution in [0.4, 0.5) is 26.3 Å². The molecule has 160 valence electrons. The van der Waals surface area contributed by atoms with Crippen LogP contribution in [-0.2, 0) is 12.4 Å². The second-order valence-corrected chi connectivity index (χ2v) is 6.68. The summed E-state index contributed by atoms with van der Waals surface area (Å²) >= 11 is 0. The summed E-state index contributed by atoms with van der Waals surface area (Å²) in [6, 6.07) is 17.2. The molecule has 3 aromatic rings. The largest absolute Gasteiger partial charge is 0.497 e. The molecule has 0 fully saturated rings. The SMILES string of the molecule is COc1ccc(C(C#Cc2cc(C(F)(F)F)cc(C(F)(F)F)c2)c2ccccc2)cc1. The van der Waals surface area contributed by atoms with E-state index in [0.29, 0.717) is 17.9 Å². The Morgan fingerprint density at radius 3 is 1.71 bits per heavy atom. The first-order valence-electron chi connectivity index (χ1n) is 9.08. The zero-order chi connectivity index (χ0) is 22.6. The van der Waals surface area contributed by atoms with Crippen molar-refractivity contribution in [3.05, 3.63) is 101 Å². The standard InChI is InChI=1S/C24H16F6O/c1-31-21-10-8-18(9-11-21)22(17-5-3-2-4-6-17)12-7-16-13-19(23(25,26)27)15-20(14-16)24(28,29)30/h2-6,8-11,13-15,22H,1H3. The maximum atomic E-state index is 13.1. The Morgan fingerprint density at radius 2 is 1.23 bits per heavy atom. The number of halogens is 6. The molecule has 7 heteroatoms. The molecule has 0 aliphatic heterocycles. The Labute approximate surface area is 175 Å². The Kier molecular flexibility index (Phi) is 6.30. The maximum absolute atomic E-state index is 13.1. The first-order valence-corrected chi connectivity index (χ1v) is 9.08. The van der Waals surface area contributed by atoms with Gasteiger partial charge in [0.25, 0.3) is 0 Å². The second kappa shape index (κ2) is 8.76. The van der Waals surface area contributed by atoms with Crippen molar-refractivity contribution in [2.75, 3.05) is 7.11 Å². The highest BCUT2D eigenvalue weighted by Crippen LogP contribution is 2.36. The van der Waals surface area contributed by atoms with Gasteiger partial charge in [-0.1, -0.05) is 54.3 Å². The van der Waals surface area contributed by atoms with Gasteiger partial charge < -0.3 is 4.74 Å². The van der Waals surface area contributed by atoms with Gasteiger partial charge in [-0.05, 0) is 41.5 Å². The highest BCUT2D eigenvalue weighted by atomic mass is 19.4. The first-order chi connectivity index (χ1) is 14.6. The van der Waals surface area contributed by atoms with Crippen LogP contribution in [0.15, 0.2) is 72.8 Å². The predicted molar refractivity (Wildman–Crippen MR) is 105 cm³/mol. The van der Waals surface area contributed by atoms with Gasteiger partial charge in [-0.15, -0.1) is 0 Å². The lowest BCUT2D eigenvalue weighted by Crippen LogP contribution is -2.11. The Balaban J connectivity index is 2.10. The molecule has 1 nitrogen and oxygen atoms in total. The van der Waals surface area contributed by atoms with Gasteiger partial charge in [-0.3, -0.25) is 0 Å². The van der Waals surface area contributed by atoms with E-state index in [1.807, 2.05) is 0 Å². The minimum Gasteiger partial charge on any atom is -0.497 e. The van der Waals surface area contributed by atoms with E-state index in [-0.39, 0.29) is 11.6 Å². The summed E-state index contributed by atoms with van der Waals surface area (Å²) in [6.07, 6.45) is -9.85. The van der Waals surface area contributed by atoms with E-state index in [2.05, 4.69) is 11.8 Å². The van der Waals surface area contributed by atoms with Crippen molar-refractivity contribution in [1.29, 1.82) is 0 Å². The van der Waals surface area contributed by atoms with E-state index in [1.54, 1.807) is 54.6 Å². The van der Waals surface area contributed by atoms with Crippen molar-refractivity contribution < 1.29 is 31.1 Å². The number of ether oxygens (including phenoxy) is 1. The lowest BCUT2D eigenvalue weighted by Gasteiger charge is -2.14. The molecule has 0 aliphatic rings. The monoisotopic (exact) mass is 434 g/mol. The van der Waals surface area contributed by atoms with Crippen LogP contribution in [0, 0.1) is 11.8 Å². The van der Waals surface area contributed by atoms with Crippen molar-refractivity contribution in [2.45, 2.75) is 18.3 Å². The summed E-state index contributed by atoms with van der Waals surface area (Å²) in [5.41, 5.74) is -1.68. The van der Waals surface area contributed by atoms with Crippen LogP contribution in [0.3, 0.4) is 0 Å². The Hall–Kier alpha value is -3.40. The summed E-state index contributed by atoms with van der Waals surface area (Å²) < 4.78 is 83.8. The quantitative estimate of drug-likeness (QED) is 0.321. The van der Waals surface area contributed by atoms with E-state index in [0.717, 1.165) is 11.1 Å². The van der Waals surface area contributed by atoms with E-state index in [9.17, 15) is 26.3 Å². The van der Waals surface area contributed by atoms with Crippen molar-refractivity contribution in [1.82, 2.24) is 0 Å². The van der Waals surface area contributed by atoms with Crippen LogP contribution < -0.4 is 4.74 Å². The molecule has 3 aromatic carbocycles. The van der Waals surface area contributed by atoms with Crippen LogP contribution in [-0.4, -0.2) is 7.11 Å². The molecule has 0 saturated heterocycles. The molecule has 0 aromatic heterocycles. The molecule has 31 heavy (non-hydrogen) atoms. The highest BCUT2D eigenvalue weighted by molar-refractivity contribution is 5.48. The fraction of sp³-hybridized carbons (Fsp3) is 0.167. The van der Waals surface area contributed by atoms with Gasteiger partial charge in [0.2, 0.25) is 0 Å². The molecular weight excluding hydrogens is 418 g/mol. The topological polar surface area (TPSA) is 9.23 Å². The molecule has 0 amide bonds. The molecular formula is C24H16F6O. The number of benzene rings is 3. The molecule has 0 N–H and O–H groups in total. The van der Waals surface area contributed by atoms with E-state index < -0.39 is 29.4 Å². The van der Waals surface area contributed by atoms with Gasteiger partial charge in [-0.2, -0.15) is 26.3 Å². The van der Waals surface area contributed by atoms with Gasteiger partial charge in [-0.25, -0.2) is 0 Å². The first kappa shape index (κ1) is 22.3. The van der Waals surface area contributed by atoms with Gasteiger partial charge in [0, 0.05) is 5.56 Å². The maximum Gasteiger partial charge on any atom is 0.416 e. The average Bonchev–Trinajstić information content (AvgIpc) is 2.73. The van der Waals surface area contributed by atoms with Crippen molar-refractivity contribution in [3.63, 3.8) is 0 Å². The van der Waals surface area contributed by atoms with Crippen molar-refractivity contribution in [3.8, 4) is 17.6 Å². The van der Waals surface area contributed by atoms with Crippen LogP contribution in [0.25, 0.3) is 0 Å². The summed E-state index contributed by atoms with van der Waals surface area (Å²) in [5, 5.41) is 0. The van der Waals surface area contributed by atoms with Crippen LogP contribution in [0.5, 0.6) is 5.75 Å². The van der Waals surface area contributed by atoms with Crippen LogP contribution in [0.2, 0.25) is 0 Å². The summed E-state index contributed by atoms with van der Waals surface area (Å²) in [6.45, 7) is 0. The van der Waals surface area contributed by atoms with Gasteiger partial charge in [0.05, 0.1) is 24.2 Å². The smallest absolute Gasteiger partial charge is 0.416 e. The summed E-state index contributed by atoms with van der Waals surface area (Å²) in [5.74, 6) is 5.40. The number of rotatable bonds is 3. The average molecular weight is 434 g/mol. The van der Waals surface area contributed by atoms with Gasteiger partial charge in [0.15, 0.2) is 0 Å². The minimum atomic E-state index is -4.92. The molecule has 0 spiro atoms. The molecule has 0 bridgehead atoms. The van der Waals surface area contributed by atoms with E-state index >= 15 is 0 Å². The number of methoxy groups -OCH3 is 1. The molecule has 0 saturated carbocycles. The third-order valence-electron chi connectivity index (χ3n) is 4.53. The lowest BCUT2D eigenvalue weighted by atomic mass is 9.91. The number of hydrogen-bond acceptors (Lipinski definition) is 1. The number of hydrogen-bond donors (Lipinski definition) is 0. The zero-order valence-electron chi connectivity index (χ0n) is 16.2. The normalized spacial score (nSPS) is 12.6. The van der Waals surface area contributed by atoms with Crippen molar-refractivity contribution >= 4 is 0 Å². The van der Waals surface area contributed by atoms with Gasteiger partial charge in [0.1, 0.15) is 5.75 Å². The molecule has 0 radical (unpaired) electrons. The van der Waals surface area contributed by atoms with Crippen LogP contribution >= 0.6 is 0 Å². The second-order valence-electron chi connectivity index (χ2n) is 6.68. The lowest BCUT2D eigenvalue weighted by molar-refractivity contribution is -0.143. The fourth-order valence-corrected chi connectivity index (χ4v) is 2.98. The zero-order valence-corrected chi connectivity index (χ0v) is 16.2. The van der Waals surface area contributed by atoms with Crippen molar-refractivity contribution in [2.24, 2.45) is 0 Å². The Bertz CT molecular complexity index is 1060. The molecule has 0 heterocycles. The Morgan fingerprint density at radius 1 is 0.710 bits per heavy atom. The fourth-order valence-electron chi connectivity index (χ4n) is 2.98. The third kappa shape index (κ3) is 5.60.